The summed E-state index contributed by atoms with van der Waals surface area (Å²) in [6, 6.07) is 5.72. The molecule has 0 aliphatic carbocycles. The van der Waals surface area contributed by atoms with Crippen molar-refractivity contribution in [3.63, 3.8) is 0 Å². The number of ether oxygens (including phenoxy) is 1. The van der Waals surface area contributed by atoms with Crippen molar-refractivity contribution in [1.82, 2.24) is 4.98 Å². The Balaban J connectivity index is 2.69. The molecule has 15 heavy (non-hydrogen) atoms. The standard InChI is InChI=1S/C10H15N3OS/c1-7(6-14-2)12-9-5-3-4-8(13-9)10(11)15/h3-5,7H,6H2,1-2H3,(H2,11,15)(H,12,13). The number of methoxy groups -OCH3 is 1. The van der Waals surface area contributed by atoms with E-state index in [9.17, 15) is 0 Å². The molecule has 0 aromatic carbocycles. The van der Waals surface area contributed by atoms with E-state index in [2.05, 4.69) is 10.3 Å². The van der Waals surface area contributed by atoms with Crippen molar-refractivity contribution >= 4 is 23.0 Å². The van der Waals surface area contributed by atoms with Crippen LogP contribution >= 0.6 is 12.2 Å². The van der Waals surface area contributed by atoms with Crippen LogP contribution in [0, 0.1) is 0 Å². The molecule has 1 atom stereocenters. The highest BCUT2D eigenvalue weighted by atomic mass is 32.1. The van der Waals surface area contributed by atoms with Gasteiger partial charge in [0.25, 0.3) is 0 Å². The Hall–Kier alpha value is -1.20. The fourth-order valence-electron chi connectivity index (χ4n) is 1.20. The van der Waals surface area contributed by atoms with Crippen molar-refractivity contribution in [2.45, 2.75) is 13.0 Å². The summed E-state index contributed by atoms with van der Waals surface area (Å²) in [5.74, 6) is 0.754. The summed E-state index contributed by atoms with van der Waals surface area (Å²) >= 11 is 4.85. The van der Waals surface area contributed by atoms with Crippen LogP contribution in [0.2, 0.25) is 0 Å². The Morgan fingerprint density at radius 3 is 3.00 bits per heavy atom. The van der Waals surface area contributed by atoms with Crippen LogP contribution in [0.5, 0.6) is 0 Å². The van der Waals surface area contributed by atoms with Crippen LogP contribution < -0.4 is 11.1 Å². The molecule has 0 amide bonds. The third-order valence-corrected chi connectivity index (χ3v) is 2.02. The molecule has 0 aliphatic rings. The van der Waals surface area contributed by atoms with E-state index < -0.39 is 0 Å². The highest BCUT2D eigenvalue weighted by molar-refractivity contribution is 7.80. The van der Waals surface area contributed by atoms with Gasteiger partial charge in [-0.15, -0.1) is 0 Å². The molecule has 0 saturated heterocycles. The lowest BCUT2D eigenvalue weighted by atomic mass is 10.3. The zero-order valence-electron chi connectivity index (χ0n) is 8.86. The number of pyridine rings is 1. The molecule has 82 valence electrons. The second-order valence-corrected chi connectivity index (χ2v) is 3.71. The minimum absolute atomic E-state index is 0.198. The number of thiocarbonyl (C=S) groups is 1. The number of nitrogens with one attached hydrogen (secondary N) is 1. The van der Waals surface area contributed by atoms with Gasteiger partial charge in [0.05, 0.1) is 12.3 Å². The van der Waals surface area contributed by atoms with Crippen molar-refractivity contribution in [3.05, 3.63) is 23.9 Å². The van der Waals surface area contributed by atoms with E-state index in [-0.39, 0.29) is 6.04 Å². The summed E-state index contributed by atoms with van der Waals surface area (Å²) < 4.78 is 5.01. The third kappa shape index (κ3) is 3.81. The summed E-state index contributed by atoms with van der Waals surface area (Å²) in [4.78, 5) is 4.57. The highest BCUT2D eigenvalue weighted by Crippen LogP contribution is 2.06. The van der Waals surface area contributed by atoms with Crippen molar-refractivity contribution < 1.29 is 4.74 Å². The van der Waals surface area contributed by atoms with Gasteiger partial charge in [-0.3, -0.25) is 0 Å². The van der Waals surface area contributed by atoms with Gasteiger partial charge in [0.1, 0.15) is 10.8 Å². The van der Waals surface area contributed by atoms with Crippen LogP contribution in [0.15, 0.2) is 18.2 Å². The lowest BCUT2D eigenvalue weighted by molar-refractivity contribution is 0.190. The van der Waals surface area contributed by atoms with E-state index in [1.807, 2.05) is 19.1 Å². The molecule has 0 bridgehead atoms. The quantitative estimate of drug-likeness (QED) is 0.736. The molecule has 1 aromatic heterocycles. The summed E-state index contributed by atoms with van der Waals surface area (Å²) in [5, 5.41) is 3.19. The molecular formula is C10H15N3OS. The second-order valence-electron chi connectivity index (χ2n) is 3.27. The SMILES string of the molecule is COCC(C)Nc1cccc(C(N)=S)n1. The molecule has 0 saturated carbocycles. The van der Waals surface area contributed by atoms with Crippen molar-refractivity contribution in [1.29, 1.82) is 0 Å². The summed E-state index contributed by atoms with van der Waals surface area (Å²) in [6.45, 7) is 2.64. The van der Waals surface area contributed by atoms with E-state index in [4.69, 9.17) is 22.7 Å². The Morgan fingerprint density at radius 1 is 1.67 bits per heavy atom. The average molecular weight is 225 g/mol. The number of hydrogen-bond acceptors (Lipinski definition) is 4. The van der Waals surface area contributed by atoms with Gasteiger partial charge < -0.3 is 15.8 Å². The van der Waals surface area contributed by atoms with Crippen molar-refractivity contribution in [2.75, 3.05) is 19.0 Å². The average Bonchev–Trinajstić information content (AvgIpc) is 2.18. The molecule has 3 N–H and O–H groups in total. The molecule has 0 radical (unpaired) electrons. The van der Waals surface area contributed by atoms with Gasteiger partial charge in [-0.2, -0.15) is 0 Å². The fourth-order valence-corrected chi connectivity index (χ4v) is 1.31. The maximum Gasteiger partial charge on any atom is 0.127 e. The van der Waals surface area contributed by atoms with Crippen LogP contribution in [-0.2, 0) is 4.74 Å². The summed E-state index contributed by atoms with van der Waals surface area (Å²) in [7, 11) is 1.66. The zero-order chi connectivity index (χ0) is 11.3. The smallest absolute Gasteiger partial charge is 0.127 e. The fraction of sp³-hybridized carbons (Fsp3) is 0.400. The molecule has 0 spiro atoms. The molecule has 1 rings (SSSR count). The lowest BCUT2D eigenvalue weighted by Gasteiger charge is -2.13. The van der Waals surface area contributed by atoms with Crippen LogP contribution in [0.3, 0.4) is 0 Å². The number of hydrogen-bond donors (Lipinski definition) is 2. The van der Waals surface area contributed by atoms with E-state index in [1.54, 1.807) is 13.2 Å². The molecule has 1 heterocycles. The van der Waals surface area contributed by atoms with E-state index in [1.165, 1.54) is 0 Å². The van der Waals surface area contributed by atoms with Gasteiger partial charge in [-0.25, -0.2) is 4.98 Å². The summed E-state index contributed by atoms with van der Waals surface area (Å²) in [6.07, 6.45) is 0. The first-order valence-corrected chi connectivity index (χ1v) is 5.06. The van der Waals surface area contributed by atoms with Crippen molar-refractivity contribution in [3.8, 4) is 0 Å². The predicted octanol–water partition coefficient (Wildman–Crippen LogP) is 1.16. The Labute approximate surface area is 94.8 Å². The molecule has 5 heteroatoms. The maximum absolute atomic E-state index is 5.49. The number of rotatable bonds is 5. The van der Waals surface area contributed by atoms with Gasteiger partial charge in [0, 0.05) is 13.2 Å². The number of nitrogens with two attached hydrogens (primary N) is 1. The van der Waals surface area contributed by atoms with Crippen LogP contribution in [-0.4, -0.2) is 29.7 Å². The predicted molar refractivity (Wildman–Crippen MR) is 65.1 cm³/mol. The first-order valence-electron chi connectivity index (χ1n) is 4.66. The number of nitrogens with zero attached hydrogens (tertiary/aromatic N) is 1. The Morgan fingerprint density at radius 2 is 2.40 bits per heavy atom. The van der Waals surface area contributed by atoms with Gasteiger partial charge >= 0.3 is 0 Å². The molecule has 1 aromatic rings. The normalized spacial score (nSPS) is 12.1. The Bertz CT molecular complexity index is 343. The van der Waals surface area contributed by atoms with Crippen LogP contribution in [0.25, 0.3) is 0 Å². The van der Waals surface area contributed by atoms with Crippen LogP contribution in [0.4, 0.5) is 5.82 Å². The molecule has 0 aliphatic heterocycles. The topological polar surface area (TPSA) is 60.2 Å². The van der Waals surface area contributed by atoms with E-state index >= 15 is 0 Å². The number of aromatic nitrogens is 1. The molecule has 0 fully saturated rings. The van der Waals surface area contributed by atoms with Crippen molar-refractivity contribution in [2.24, 2.45) is 5.73 Å². The molecule has 4 nitrogen and oxygen atoms in total. The van der Waals surface area contributed by atoms with E-state index in [0.29, 0.717) is 17.3 Å². The first-order chi connectivity index (χ1) is 7.13. The maximum atomic E-state index is 5.49. The van der Waals surface area contributed by atoms with E-state index in [0.717, 1.165) is 5.82 Å². The summed E-state index contributed by atoms with van der Waals surface area (Å²) in [5.41, 5.74) is 6.11. The lowest BCUT2D eigenvalue weighted by Crippen LogP contribution is -2.22. The van der Waals surface area contributed by atoms with Gasteiger partial charge in [0.2, 0.25) is 0 Å². The molecular weight excluding hydrogens is 210 g/mol. The van der Waals surface area contributed by atoms with Gasteiger partial charge in [0.15, 0.2) is 0 Å². The Kier molecular flexibility index (Phi) is 4.45. The minimum atomic E-state index is 0.198. The number of anilines is 1. The van der Waals surface area contributed by atoms with Gasteiger partial charge in [-0.1, -0.05) is 18.3 Å². The monoisotopic (exact) mass is 225 g/mol. The highest BCUT2D eigenvalue weighted by Gasteiger charge is 2.03. The zero-order valence-corrected chi connectivity index (χ0v) is 9.67. The van der Waals surface area contributed by atoms with Gasteiger partial charge in [-0.05, 0) is 19.1 Å². The second kappa shape index (κ2) is 5.63. The first kappa shape index (κ1) is 11.9. The van der Waals surface area contributed by atoms with Crippen LogP contribution in [0.1, 0.15) is 12.6 Å². The third-order valence-electron chi connectivity index (χ3n) is 1.81. The largest absolute Gasteiger partial charge is 0.388 e. The minimum Gasteiger partial charge on any atom is -0.388 e. The molecule has 1 unspecified atom stereocenters.